The Bertz CT molecular complexity index is 173. The van der Waals surface area contributed by atoms with E-state index in [1.807, 2.05) is 0 Å². The highest BCUT2D eigenvalue weighted by Gasteiger charge is 2.29. The SMILES string of the molecule is CCOC(=O)C(C)(N)CCSCCO. The van der Waals surface area contributed by atoms with Crippen molar-refractivity contribution in [2.75, 3.05) is 24.7 Å². The van der Waals surface area contributed by atoms with Gasteiger partial charge in [-0.3, -0.25) is 4.79 Å². The van der Waals surface area contributed by atoms with Gasteiger partial charge in [-0.25, -0.2) is 0 Å². The topological polar surface area (TPSA) is 72.5 Å². The second-order valence-corrected chi connectivity index (χ2v) is 4.45. The Hall–Kier alpha value is -0.260. The molecule has 0 aliphatic rings. The average molecular weight is 221 g/mol. The lowest BCUT2D eigenvalue weighted by Crippen LogP contribution is -2.46. The first-order valence-electron chi connectivity index (χ1n) is 4.69. The van der Waals surface area contributed by atoms with Gasteiger partial charge in [-0.15, -0.1) is 0 Å². The Morgan fingerprint density at radius 2 is 2.21 bits per heavy atom. The fraction of sp³-hybridized carbons (Fsp3) is 0.889. The van der Waals surface area contributed by atoms with Crippen LogP contribution < -0.4 is 5.73 Å². The van der Waals surface area contributed by atoms with Crippen LogP contribution in [-0.4, -0.2) is 41.3 Å². The molecule has 5 heteroatoms. The van der Waals surface area contributed by atoms with E-state index in [1.165, 1.54) is 0 Å². The average Bonchev–Trinajstić information content (AvgIpc) is 2.13. The van der Waals surface area contributed by atoms with Gasteiger partial charge >= 0.3 is 5.97 Å². The molecule has 0 spiro atoms. The molecule has 0 fully saturated rings. The summed E-state index contributed by atoms with van der Waals surface area (Å²) in [5.41, 5.74) is 4.87. The van der Waals surface area contributed by atoms with E-state index in [1.54, 1.807) is 25.6 Å². The molecule has 0 aromatic rings. The first kappa shape index (κ1) is 13.7. The molecule has 0 aromatic carbocycles. The van der Waals surface area contributed by atoms with Gasteiger partial charge in [-0.2, -0.15) is 11.8 Å². The molecule has 4 nitrogen and oxygen atoms in total. The van der Waals surface area contributed by atoms with Gasteiger partial charge in [0.25, 0.3) is 0 Å². The molecule has 0 amide bonds. The summed E-state index contributed by atoms with van der Waals surface area (Å²) in [6.45, 7) is 3.94. The van der Waals surface area contributed by atoms with Crippen LogP contribution in [0.4, 0.5) is 0 Å². The summed E-state index contributed by atoms with van der Waals surface area (Å²) >= 11 is 1.58. The summed E-state index contributed by atoms with van der Waals surface area (Å²) < 4.78 is 4.84. The Morgan fingerprint density at radius 3 is 2.71 bits per heavy atom. The molecule has 1 unspecified atom stereocenters. The number of hydrogen-bond acceptors (Lipinski definition) is 5. The Labute approximate surface area is 89.2 Å². The van der Waals surface area contributed by atoms with Crippen LogP contribution in [0.1, 0.15) is 20.3 Å². The third-order valence-electron chi connectivity index (χ3n) is 1.74. The van der Waals surface area contributed by atoms with Gasteiger partial charge in [0, 0.05) is 5.75 Å². The lowest BCUT2D eigenvalue weighted by molar-refractivity contribution is -0.149. The van der Waals surface area contributed by atoms with Crippen LogP contribution in [0, 0.1) is 0 Å². The third-order valence-corrected chi connectivity index (χ3v) is 2.71. The van der Waals surface area contributed by atoms with E-state index < -0.39 is 5.54 Å². The molecule has 0 heterocycles. The van der Waals surface area contributed by atoms with Gasteiger partial charge in [0.15, 0.2) is 0 Å². The van der Waals surface area contributed by atoms with Crippen molar-refractivity contribution in [2.24, 2.45) is 5.73 Å². The van der Waals surface area contributed by atoms with Gasteiger partial charge in [-0.1, -0.05) is 0 Å². The number of aliphatic hydroxyl groups excluding tert-OH is 1. The number of thioether (sulfide) groups is 1. The number of ether oxygens (including phenoxy) is 1. The number of hydrogen-bond donors (Lipinski definition) is 2. The number of nitrogens with two attached hydrogens (primary N) is 1. The van der Waals surface area contributed by atoms with E-state index in [9.17, 15) is 4.79 Å². The highest BCUT2D eigenvalue weighted by Crippen LogP contribution is 2.13. The van der Waals surface area contributed by atoms with Crippen LogP contribution in [0.25, 0.3) is 0 Å². The number of carbonyl (C=O) groups excluding carboxylic acids is 1. The summed E-state index contributed by atoms with van der Waals surface area (Å²) in [7, 11) is 0. The van der Waals surface area contributed by atoms with Crippen LogP contribution in [0.3, 0.4) is 0 Å². The molecular weight excluding hydrogens is 202 g/mol. The van der Waals surface area contributed by atoms with Crippen molar-refractivity contribution >= 4 is 17.7 Å². The van der Waals surface area contributed by atoms with E-state index in [0.717, 1.165) is 5.75 Å². The Balaban J connectivity index is 3.76. The van der Waals surface area contributed by atoms with Gasteiger partial charge in [0.2, 0.25) is 0 Å². The zero-order chi connectivity index (χ0) is 11.0. The van der Waals surface area contributed by atoms with Crippen molar-refractivity contribution in [3.8, 4) is 0 Å². The molecular formula is C9H19NO3S. The van der Waals surface area contributed by atoms with Crippen LogP contribution in [0.5, 0.6) is 0 Å². The molecule has 0 aliphatic heterocycles. The van der Waals surface area contributed by atoms with Crippen molar-refractivity contribution in [1.29, 1.82) is 0 Å². The molecule has 0 radical (unpaired) electrons. The number of rotatable bonds is 7. The molecule has 0 rings (SSSR count). The van der Waals surface area contributed by atoms with E-state index in [4.69, 9.17) is 15.6 Å². The van der Waals surface area contributed by atoms with Gasteiger partial charge in [-0.05, 0) is 26.0 Å². The normalized spacial score (nSPS) is 14.9. The molecule has 0 aromatic heterocycles. The fourth-order valence-corrected chi connectivity index (χ4v) is 1.75. The van der Waals surface area contributed by atoms with Crippen LogP contribution in [0.2, 0.25) is 0 Å². The highest BCUT2D eigenvalue weighted by atomic mass is 32.2. The monoisotopic (exact) mass is 221 g/mol. The van der Waals surface area contributed by atoms with Crippen LogP contribution in [-0.2, 0) is 9.53 Å². The molecule has 0 aliphatic carbocycles. The predicted octanol–water partition coefficient (Wildman–Crippen LogP) is 0.382. The van der Waals surface area contributed by atoms with Gasteiger partial charge in [0.1, 0.15) is 5.54 Å². The van der Waals surface area contributed by atoms with Crippen molar-refractivity contribution in [1.82, 2.24) is 0 Å². The quantitative estimate of drug-likeness (QED) is 0.480. The molecule has 3 N–H and O–H groups in total. The summed E-state index contributed by atoms with van der Waals surface area (Å²) in [6.07, 6.45) is 0.566. The number of aliphatic hydroxyl groups is 1. The smallest absolute Gasteiger partial charge is 0.325 e. The highest BCUT2D eigenvalue weighted by molar-refractivity contribution is 7.99. The van der Waals surface area contributed by atoms with E-state index in [2.05, 4.69) is 0 Å². The number of carbonyl (C=O) groups is 1. The lowest BCUT2D eigenvalue weighted by atomic mass is 10.0. The third kappa shape index (κ3) is 5.47. The van der Waals surface area contributed by atoms with Crippen LogP contribution in [0.15, 0.2) is 0 Å². The number of esters is 1. The summed E-state index contributed by atoms with van der Waals surface area (Å²) in [4.78, 5) is 11.3. The maximum atomic E-state index is 11.3. The zero-order valence-electron chi connectivity index (χ0n) is 8.78. The van der Waals surface area contributed by atoms with E-state index >= 15 is 0 Å². The molecule has 0 bridgehead atoms. The Kier molecular flexibility index (Phi) is 6.96. The van der Waals surface area contributed by atoms with Crippen molar-refractivity contribution in [3.05, 3.63) is 0 Å². The minimum Gasteiger partial charge on any atom is -0.465 e. The molecule has 0 saturated carbocycles. The standard InChI is InChI=1S/C9H19NO3S/c1-3-13-8(12)9(2,10)4-6-14-7-5-11/h11H,3-7,10H2,1-2H3. The largest absolute Gasteiger partial charge is 0.465 e. The van der Waals surface area contributed by atoms with Crippen molar-refractivity contribution in [3.63, 3.8) is 0 Å². The molecule has 1 atom stereocenters. The molecule has 14 heavy (non-hydrogen) atoms. The minimum absolute atomic E-state index is 0.158. The van der Waals surface area contributed by atoms with Crippen LogP contribution >= 0.6 is 11.8 Å². The van der Waals surface area contributed by atoms with E-state index in [0.29, 0.717) is 18.8 Å². The van der Waals surface area contributed by atoms with Gasteiger partial charge < -0.3 is 15.6 Å². The predicted molar refractivity (Wildman–Crippen MR) is 58.3 cm³/mol. The summed E-state index contributed by atoms with van der Waals surface area (Å²) in [5, 5.41) is 8.55. The summed E-state index contributed by atoms with van der Waals surface area (Å²) in [5.74, 6) is 1.08. The minimum atomic E-state index is -0.904. The zero-order valence-corrected chi connectivity index (χ0v) is 9.60. The maximum Gasteiger partial charge on any atom is 0.325 e. The first-order valence-corrected chi connectivity index (χ1v) is 5.84. The molecule has 84 valence electrons. The van der Waals surface area contributed by atoms with E-state index in [-0.39, 0.29) is 12.6 Å². The van der Waals surface area contributed by atoms with Crippen molar-refractivity contribution in [2.45, 2.75) is 25.8 Å². The maximum absolute atomic E-state index is 11.3. The van der Waals surface area contributed by atoms with Crippen molar-refractivity contribution < 1.29 is 14.6 Å². The first-order chi connectivity index (χ1) is 6.54. The summed E-state index contributed by atoms with van der Waals surface area (Å²) in [6, 6.07) is 0. The second kappa shape index (κ2) is 7.09. The molecule has 0 saturated heterocycles. The Morgan fingerprint density at radius 1 is 1.57 bits per heavy atom. The van der Waals surface area contributed by atoms with Gasteiger partial charge in [0.05, 0.1) is 13.2 Å². The second-order valence-electron chi connectivity index (χ2n) is 3.22. The lowest BCUT2D eigenvalue weighted by Gasteiger charge is -2.21. The fourth-order valence-electron chi connectivity index (χ4n) is 0.849.